The van der Waals surface area contributed by atoms with Crippen LogP contribution in [0.4, 0.5) is 0 Å². The van der Waals surface area contributed by atoms with Crippen molar-refractivity contribution in [1.29, 1.82) is 0 Å². The summed E-state index contributed by atoms with van der Waals surface area (Å²) < 4.78 is 5.16. The van der Waals surface area contributed by atoms with Gasteiger partial charge in [-0.25, -0.2) is 0 Å². The molecule has 4 nitrogen and oxygen atoms in total. The summed E-state index contributed by atoms with van der Waals surface area (Å²) in [6.07, 6.45) is 0. The third-order valence-electron chi connectivity index (χ3n) is 2.62. The Labute approximate surface area is 96.7 Å². The monoisotopic (exact) mass is 234 g/mol. The van der Waals surface area contributed by atoms with Crippen molar-refractivity contribution >= 4 is 11.8 Å². The fourth-order valence-electron chi connectivity index (χ4n) is 1.84. The molecule has 82 valence electrons. The van der Waals surface area contributed by atoms with Crippen LogP contribution in [0.2, 0.25) is 0 Å². The van der Waals surface area contributed by atoms with E-state index in [9.17, 15) is 0 Å². The Hall–Kier alpha value is -1.33. The standard InChI is InChI=1S/C11H10N2O2S/c14-5-10-12-11(15-13-10)8-6-16-9-4-2-1-3-7(8)9/h1-4,8,14H,5-6H2. The summed E-state index contributed by atoms with van der Waals surface area (Å²) in [5.41, 5.74) is 1.24. The molecular weight excluding hydrogens is 224 g/mol. The summed E-state index contributed by atoms with van der Waals surface area (Å²) in [6.45, 7) is -0.176. The molecule has 0 radical (unpaired) electrons. The van der Waals surface area contributed by atoms with Crippen molar-refractivity contribution in [2.45, 2.75) is 17.4 Å². The summed E-state index contributed by atoms with van der Waals surface area (Å²) >= 11 is 1.80. The lowest BCUT2D eigenvalue weighted by Crippen LogP contribution is -2.00. The van der Waals surface area contributed by atoms with Gasteiger partial charge in [-0.2, -0.15) is 4.98 Å². The smallest absolute Gasteiger partial charge is 0.235 e. The van der Waals surface area contributed by atoms with Crippen molar-refractivity contribution in [2.75, 3.05) is 5.75 Å². The third-order valence-corrected chi connectivity index (χ3v) is 3.81. The van der Waals surface area contributed by atoms with Crippen LogP contribution in [0.3, 0.4) is 0 Å². The highest BCUT2D eigenvalue weighted by Crippen LogP contribution is 2.42. The van der Waals surface area contributed by atoms with Gasteiger partial charge in [0.2, 0.25) is 5.89 Å². The van der Waals surface area contributed by atoms with Gasteiger partial charge in [0.1, 0.15) is 6.61 Å². The van der Waals surface area contributed by atoms with Crippen molar-refractivity contribution < 1.29 is 9.63 Å². The number of hydrogen-bond donors (Lipinski definition) is 1. The summed E-state index contributed by atoms with van der Waals surface area (Å²) in [5, 5.41) is 12.6. The van der Waals surface area contributed by atoms with Crippen LogP contribution in [0, 0.1) is 0 Å². The number of aliphatic hydroxyl groups excluding tert-OH is 1. The van der Waals surface area contributed by atoms with Crippen LogP contribution in [0.15, 0.2) is 33.7 Å². The zero-order chi connectivity index (χ0) is 11.0. The average molecular weight is 234 g/mol. The van der Waals surface area contributed by atoms with Gasteiger partial charge >= 0.3 is 0 Å². The van der Waals surface area contributed by atoms with Crippen molar-refractivity contribution in [2.24, 2.45) is 0 Å². The van der Waals surface area contributed by atoms with Crippen LogP contribution >= 0.6 is 11.8 Å². The van der Waals surface area contributed by atoms with Crippen LogP contribution < -0.4 is 0 Å². The highest BCUT2D eigenvalue weighted by Gasteiger charge is 2.28. The molecule has 3 rings (SSSR count). The first-order chi connectivity index (χ1) is 7.88. The minimum Gasteiger partial charge on any atom is -0.388 e. The number of nitrogens with zero attached hydrogens (tertiary/aromatic N) is 2. The predicted octanol–water partition coefficient (Wildman–Crippen LogP) is 1.80. The summed E-state index contributed by atoms with van der Waals surface area (Å²) in [5.74, 6) is 2.03. The molecule has 2 heterocycles. The molecular formula is C11H10N2O2S. The maximum Gasteiger partial charge on any atom is 0.235 e. The molecule has 1 aliphatic heterocycles. The molecule has 1 aliphatic rings. The van der Waals surface area contributed by atoms with Gasteiger partial charge in [0.25, 0.3) is 0 Å². The zero-order valence-electron chi connectivity index (χ0n) is 8.46. The predicted molar refractivity (Wildman–Crippen MR) is 59.2 cm³/mol. The number of thioether (sulfide) groups is 1. The van der Waals surface area contributed by atoms with E-state index < -0.39 is 0 Å². The van der Waals surface area contributed by atoms with Gasteiger partial charge in [0.15, 0.2) is 5.82 Å². The van der Waals surface area contributed by atoms with E-state index in [1.165, 1.54) is 10.5 Å². The van der Waals surface area contributed by atoms with Crippen LogP contribution in [-0.2, 0) is 6.61 Å². The molecule has 0 spiro atoms. The SMILES string of the molecule is OCc1noc(C2CSc3ccccc32)n1. The molecule has 16 heavy (non-hydrogen) atoms. The lowest BCUT2D eigenvalue weighted by Gasteiger charge is -2.03. The molecule has 0 bridgehead atoms. The minimum absolute atomic E-state index is 0.161. The van der Waals surface area contributed by atoms with E-state index in [-0.39, 0.29) is 12.5 Å². The fourth-order valence-corrected chi connectivity index (χ4v) is 3.06. The van der Waals surface area contributed by atoms with Gasteiger partial charge < -0.3 is 9.63 Å². The van der Waals surface area contributed by atoms with Crippen LogP contribution in [0.1, 0.15) is 23.2 Å². The number of aromatic nitrogens is 2. The summed E-state index contributed by atoms with van der Waals surface area (Å²) in [7, 11) is 0. The Kier molecular flexibility index (Phi) is 2.41. The molecule has 1 aromatic carbocycles. The van der Waals surface area contributed by atoms with Crippen LogP contribution in [-0.4, -0.2) is 21.0 Å². The van der Waals surface area contributed by atoms with E-state index in [4.69, 9.17) is 9.63 Å². The molecule has 0 amide bonds. The van der Waals surface area contributed by atoms with Crippen LogP contribution in [0.5, 0.6) is 0 Å². The van der Waals surface area contributed by atoms with E-state index in [2.05, 4.69) is 22.3 Å². The van der Waals surface area contributed by atoms with Gasteiger partial charge in [0.05, 0.1) is 5.92 Å². The van der Waals surface area contributed by atoms with Gasteiger partial charge in [-0.3, -0.25) is 0 Å². The number of fused-ring (bicyclic) bond motifs is 1. The van der Waals surface area contributed by atoms with Crippen molar-refractivity contribution in [3.05, 3.63) is 41.5 Å². The first-order valence-electron chi connectivity index (χ1n) is 5.03. The molecule has 5 heteroatoms. The fraction of sp³-hybridized carbons (Fsp3) is 0.273. The molecule has 0 fully saturated rings. The van der Waals surface area contributed by atoms with E-state index in [1.54, 1.807) is 11.8 Å². The van der Waals surface area contributed by atoms with E-state index in [1.807, 2.05) is 12.1 Å². The molecule has 0 saturated carbocycles. The molecule has 1 atom stereocenters. The van der Waals surface area contributed by atoms with Crippen molar-refractivity contribution in [3.8, 4) is 0 Å². The number of aliphatic hydroxyl groups is 1. The summed E-state index contributed by atoms with van der Waals surface area (Å²) in [6, 6.07) is 8.23. The van der Waals surface area contributed by atoms with E-state index >= 15 is 0 Å². The second-order valence-electron chi connectivity index (χ2n) is 3.61. The lowest BCUT2D eigenvalue weighted by molar-refractivity contribution is 0.262. The van der Waals surface area contributed by atoms with Crippen LogP contribution in [0.25, 0.3) is 0 Å². The Balaban J connectivity index is 1.98. The number of hydrogen-bond acceptors (Lipinski definition) is 5. The average Bonchev–Trinajstić information content (AvgIpc) is 2.94. The van der Waals surface area contributed by atoms with Crippen molar-refractivity contribution in [3.63, 3.8) is 0 Å². The van der Waals surface area contributed by atoms with Crippen molar-refractivity contribution in [1.82, 2.24) is 10.1 Å². The molecule has 0 saturated heterocycles. The Morgan fingerprint density at radius 3 is 3.12 bits per heavy atom. The number of benzene rings is 1. The minimum atomic E-state index is -0.176. The highest BCUT2D eigenvalue weighted by atomic mass is 32.2. The normalized spacial score (nSPS) is 18.7. The first kappa shape index (κ1) is 9.86. The Morgan fingerprint density at radius 1 is 1.44 bits per heavy atom. The van der Waals surface area contributed by atoms with Gasteiger partial charge in [0, 0.05) is 10.6 Å². The maximum absolute atomic E-state index is 8.90. The second kappa shape index (κ2) is 3.92. The lowest BCUT2D eigenvalue weighted by atomic mass is 10.0. The topological polar surface area (TPSA) is 59.2 Å². The number of rotatable bonds is 2. The van der Waals surface area contributed by atoms with Gasteiger partial charge in [-0.05, 0) is 11.6 Å². The van der Waals surface area contributed by atoms with Gasteiger partial charge in [-0.15, -0.1) is 11.8 Å². The van der Waals surface area contributed by atoms with Gasteiger partial charge in [-0.1, -0.05) is 23.4 Å². The third kappa shape index (κ3) is 1.52. The van der Waals surface area contributed by atoms with E-state index in [0.29, 0.717) is 11.7 Å². The first-order valence-corrected chi connectivity index (χ1v) is 6.02. The Morgan fingerprint density at radius 2 is 2.31 bits per heavy atom. The Bertz CT molecular complexity index is 512. The molecule has 1 aromatic heterocycles. The molecule has 2 aromatic rings. The largest absolute Gasteiger partial charge is 0.388 e. The molecule has 0 aliphatic carbocycles. The molecule has 1 unspecified atom stereocenters. The second-order valence-corrected chi connectivity index (χ2v) is 4.67. The zero-order valence-corrected chi connectivity index (χ0v) is 9.28. The maximum atomic E-state index is 8.90. The van der Waals surface area contributed by atoms with E-state index in [0.717, 1.165) is 5.75 Å². The molecule has 1 N–H and O–H groups in total. The summed E-state index contributed by atoms with van der Waals surface area (Å²) in [4.78, 5) is 5.44. The quantitative estimate of drug-likeness (QED) is 0.858. The highest BCUT2D eigenvalue weighted by molar-refractivity contribution is 7.99.